The van der Waals surface area contributed by atoms with Crippen molar-refractivity contribution in [3.8, 4) is 0 Å². The lowest BCUT2D eigenvalue weighted by molar-refractivity contribution is 0.0559. The summed E-state index contributed by atoms with van der Waals surface area (Å²) in [4.78, 5) is 4.62. The zero-order chi connectivity index (χ0) is 8.74. The maximum Gasteiger partial charge on any atom is 0.0738 e. The predicted molar refractivity (Wildman–Crippen MR) is 47.9 cm³/mol. The Morgan fingerprint density at radius 2 is 1.82 bits per heavy atom. The van der Waals surface area contributed by atoms with Crippen LogP contribution in [0.4, 0.5) is 0 Å². The van der Waals surface area contributed by atoms with E-state index in [-0.39, 0.29) is 5.41 Å². The molecule has 0 rings (SSSR count). The first-order chi connectivity index (χ1) is 5.18. The minimum absolute atomic E-state index is 0.0677. The second kappa shape index (κ2) is 5.10. The molecule has 0 aromatic rings. The van der Waals surface area contributed by atoms with E-state index < -0.39 is 0 Å². The van der Waals surface area contributed by atoms with Crippen LogP contribution < -0.4 is 5.90 Å². The maximum absolute atomic E-state index is 5.01. The summed E-state index contributed by atoms with van der Waals surface area (Å²) in [5, 5.41) is 0. The molecule has 0 bridgehead atoms. The topological polar surface area (TPSA) is 35.2 Å². The van der Waals surface area contributed by atoms with Crippen molar-refractivity contribution in [2.45, 2.75) is 19.8 Å². The van der Waals surface area contributed by atoms with Crippen LogP contribution in [0.5, 0.6) is 0 Å². The summed E-state index contributed by atoms with van der Waals surface area (Å²) >= 11 is 0. The van der Waals surface area contributed by atoms with E-state index in [2.05, 4.69) is 24.9 Å². The molecule has 2 N–H and O–H groups in total. The lowest BCUT2D eigenvalue weighted by Gasteiger charge is -2.25. The van der Waals surface area contributed by atoms with Gasteiger partial charge in [0.1, 0.15) is 0 Å². The zero-order valence-electron chi connectivity index (χ0n) is 7.18. The Morgan fingerprint density at radius 1 is 1.36 bits per heavy atom. The third-order valence-corrected chi connectivity index (χ3v) is 1.71. The Hall–Kier alpha value is -0.600. The summed E-state index contributed by atoms with van der Waals surface area (Å²) in [6.45, 7) is 10.0. The minimum atomic E-state index is 0.0677. The molecule has 11 heavy (non-hydrogen) atoms. The molecule has 2 nitrogen and oxygen atoms in total. The first-order valence-corrected chi connectivity index (χ1v) is 3.72. The average Bonchev–Trinajstić information content (AvgIpc) is 1.88. The molecular weight excluding hydrogens is 138 g/mol. The first-order valence-electron chi connectivity index (χ1n) is 3.72. The van der Waals surface area contributed by atoms with Crippen molar-refractivity contribution in [3.63, 3.8) is 0 Å². The number of rotatable bonds is 6. The monoisotopic (exact) mass is 155 g/mol. The van der Waals surface area contributed by atoms with Gasteiger partial charge >= 0.3 is 0 Å². The van der Waals surface area contributed by atoms with E-state index in [0.717, 1.165) is 12.8 Å². The molecule has 0 spiro atoms. The minimum Gasteiger partial charge on any atom is -0.304 e. The van der Waals surface area contributed by atoms with Crippen LogP contribution >= 0.6 is 0 Å². The van der Waals surface area contributed by atoms with E-state index >= 15 is 0 Å². The van der Waals surface area contributed by atoms with Gasteiger partial charge in [-0.2, -0.15) is 0 Å². The highest BCUT2D eigenvalue weighted by Crippen LogP contribution is 2.26. The molecule has 0 aliphatic carbocycles. The number of allylic oxidation sites excluding steroid dienone is 2. The maximum atomic E-state index is 5.01. The van der Waals surface area contributed by atoms with Crippen LogP contribution in [0.3, 0.4) is 0 Å². The van der Waals surface area contributed by atoms with Crippen LogP contribution in [0.1, 0.15) is 19.8 Å². The molecule has 64 valence electrons. The van der Waals surface area contributed by atoms with Gasteiger partial charge in [0.2, 0.25) is 0 Å². The highest BCUT2D eigenvalue weighted by molar-refractivity contribution is 4.88. The Bertz CT molecular complexity index is 122. The summed E-state index contributed by atoms with van der Waals surface area (Å²) in [5.74, 6) is 5.01. The van der Waals surface area contributed by atoms with Crippen molar-refractivity contribution < 1.29 is 4.84 Å². The van der Waals surface area contributed by atoms with Gasteiger partial charge in [0.05, 0.1) is 6.61 Å². The van der Waals surface area contributed by atoms with Crippen molar-refractivity contribution in [1.29, 1.82) is 0 Å². The molecule has 0 amide bonds. The van der Waals surface area contributed by atoms with Crippen LogP contribution in [0.2, 0.25) is 0 Å². The van der Waals surface area contributed by atoms with Crippen molar-refractivity contribution in [2.75, 3.05) is 6.61 Å². The van der Waals surface area contributed by atoms with Gasteiger partial charge in [-0.25, -0.2) is 5.90 Å². The fourth-order valence-electron chi connectivity index (χ4n) is 1.10. The molecule has 0 heterocycles. The van der Waals surface area contributed by atoms with Crippen molar-refractivity contribution in [3.05, 3.63) is 25.3 Å². The average molecular weight is 155 g/mol. The normalized spacial score (nSPS) is 11.1. The number of hydrogen-bond donors (Lipinski definition) is 1. The molecule has 0 aliphatic rings. The molecule has 0 radical (unpaired) electrons. The molecule has 0 aliphatic heterocycles. The van der Waals surface area contributed by atoms with Crippen LogP contribution in [0.15, 0.2) is 25.3 Å². The molecule has 0 saturated carbocycles. The SMILES string of the molecule is C=CCC(C)(CC=C)CON. The number of hydrogen-bond acceptors (Lipinski definition) is 2. The van der Waals surface area contributed by atoms with E-state index in [4.69, 9.17) is 5.90 Å². The summed E-state index contributed by atoms with van der Waals surface area (Å²) in [6, 6.07) is 0. The third-order valence-electron chi connectivity index (χ3n) is 1.71. The number of nitrogens with two attached hydrogens (primary N) is 1. The summed E-state index contributed by atoms with van der Waals surface area (Å²) in [5.41, 5.74) is 0.0677. The van der Waals surface area contributed by atoms with E-state index in [0.29, 0.717) is 6.61 Å². The Morgan fingerprint density at radius 3 is 2.09 bits per heavy atom. The lowest BCUT2D eigenvalue weighted by atomic mass is 9.84. The molecular formula is C9H17NO. The van der Waals surface area contributed by atoms with E-state index in [1.165, 1.54) is 0 Å². The van der Waals surface area contributed by atoms with Gasteiger partial charge in [-0.15, -0.1) is 13.2 Å². The van der Waals surface area contributed by atoms with Crippen LogP contribution in [0.25, 0.3) is 0 Å². The van der Waals surface area contributed by atoms with Gasteiger partial charge in [0, 0.05) is 0 Å². The second-order valence-electron chi connectivity index (χ2n) is 3.11. The lowest BCUT2D eigenvalue weighted by Crippen LogP contribution is -2.23. The van der Waals surface area contributed by atoms with Gasteiger partial charge in [-0.1, -0.05) is 19.1 Å². The van der Waals surface area contributed by atoms with Crippen molar-refractivity contribution in [2.24, 2.45) is 11.3 Å². The van der Waals surface area contributed by atoms with Crippen LogP contribution in [-0.2, 0) is 4.84 Å². The van der Waals surface area contributed by atoms with E-state index in [9.17, 15) is 0 Å². The smallest absolute Gasteiger partial charge is 0.0738 e. The van der Waals surface area contributed by atoms with Crippen molar-refractivity contribution >= 4 is 0 Å². The first kappa shape index (κ1) is 10.4. The predicted octanol–water partition coefficient (Wildman–Crippen LogP) is 2.04. The largest absolute Gasteiger partial charge is 0.304 e. The fraction of sp³-hybridized carbons (Fsp3) is 0.556. The molecule has 2 heteroatoms. The second-order valence-corrected chi connectivity index (χ2v) is 3.11. The van der Waals surface area contributed by atoms with Gasteiger partial charge in [0.25, 0.3) is 0 Å². The Kier molecular flexibility index (Phi) is 4.83. The molecule has 0 aromatic carbocycles. The quantitative estimate of drug-likeness (QED) is 0.470. The molecule has 0 aromatic heterocycles. The van der Waals surface area contributed by atoms with E-state index in [1.807, 2.05) is 12.2 Å². The highest BCUT2D eigenvalue weighted by Gasteiger charge is 2.20. The van der Waals surface area contributed by atoms with Crippen LogP contribution in [-0.4, -0.2) is 6.61 Å². The fourth-order valence-corrected chi connectivity index (χ4v) is 1.10. The van der Waals surface area contributed by atoms with Gasteiger partial charge in [-0.3, -0.25) is 0 Å². The Labute approximate surface area is 68.7 Å². The zero-order valence-corrected chi connectivity index (χ0v) is 7.18. The summed E-state index contributed by atoms with van der Waals surface area (Å²) in [7, 11) is 0. The van der Waals surface area contributed by atoms with Crippen molar-refractivity contribution in [1.82, 2.24) is 0 Å². The summed E-state index contributed by atoms with van der Waals surface area (Å²) < 4.78 is 0. The van der Waals surface area contributed by atoms with Crippen LogP contribution in [0, 0.1) is 5.41 Å². The molecule has 0 fully saturated rings. The summed E-state index contributed by atoms with van der Waals surface area (Å²) in [6.07, 6.45) is 5.55. The molecule has 0 saturated heterocycles. The highest BCUT2D eigenvalue weighted by atomic mass is 16.6. The molecule has 0 atom stereocenters. The van der Waals surface area contributed by atoms with E-state index in [1.54, 1.807) is 0 Å². The van der Waals surface area contributed by atoms with Gasteiger partial charge < -0.3 is 4.84 Å². The molecule has 0 unspecified atom stereocenters. The standard InChI is InChI=1S/C9H17NO/c1-4-6-9(3,7-5-2)8-11-10/h4-5H,1-2,6-8,10H2,3H3. The van der Waals surface area contributed by atoms with Gasteiger partial charge in [-0.05, 0) is 18.3 Å². The van der Waals surface area contributed by atoms with Gasteiger partial charge in [0.15, 0.2) is 0 Å². The third kappa shape index (κ3) is 3.96. The Balaban J connectivity index is 3.98.